The second-order valence-electron chi connectivity index (χ2n) is 8.82. The number of carbonyl (C=O) groups is 1. The number of anilines is 1. The van der Waals surface area contributed by atoms with Gasteiger partial charge in [-0.05, 0) is 48.2 Å². The second kappa shape index (κ2) is 8.65. The lowest BCUT2D eigenvalue weighted by Gasteiger charge is -2.36. The minimum Gasteiger partial charge on any atom is -0.351 e. The molecule has 0 radical (unpaired) electrons. The lowest BCUT2D eigenvalue weighted by atomic mass is 9.97. The molecule has 0 spiro atoms. The fraction of sp³-hybridized carbons (Fsp3) is 0.417. The molecule has 174 valence electrons. The van der Waals surface area contributed by atoms with Gasteiger partial charge in [0.15, 0.2) is 0 Å². The Morgan fingerprint density at radius 1 is 1.15 bits per heavy atom. The van der Waals surface area contributed by atoms with E-state index in [2.05, 4.69) is 14.8 Å². The first-order valence-corrected chi connectivity index (χ1v) is 11.4. The number of carbonyl (C=O) groups excluding carboxylic acids is 1. The Hall–Kier alpha value is -2.58. The second-order valence-corrected chi connectivity index (χ2v) is 9.23. The van der Waals surface area contributed by atoms with E-state index in [1.54, 1.807) is 17.2 Å². The summed E-state index contributed by atoms with van der Waals surface area (Å²) in [7, 11) is 0. The van der Waals surface area contributed by atoms with Gasteiger partial charge in [0.1, 0.15) is 5.82 Å². The van der Waals surface area contributed by atoms with Gasteiger partial charge in [0.25, 0.3) is 0 Å². The van der Waals surface area contributed by atoms with Crippen molar-refractivity contribution in [2.75, 3.05) is 37.6 Å². The maximum absolute atomic E-state index is 13.2. The van der Waals surface area contributed by atoms with Gasteiger partial charge in [-0.15, -0.1) is 0 Å². The Morgan fingerprint density at radius 3 is 2.64 bits per heavy atom. The number of piperazine rings is 1. The summed E-state index contributed by atoms with van der Waals surface area (Å²) < 4.78 is 39.5. The third-order valence-electron chi connectivity index (χ3n) is 6.84. The average Bonchev–Trinajstić information content (AvgIpc) is 3.40. The summed E-state index contributed by atoms with van der Waals surface area (Å²) in [5.74, 6) is 1.05. The van der Waals surface area contributed by atoms with E-state index in [-0.39, 0.29) is 10.9 Å². The minimum atomic E-state index is -4.49. The van der Waals surface area contributed by atoms with Crippen LogP contribution in [-0.4, -0.2) is 65.5 Å². The zero-order chi connectivity index (χ0) is 23.2. The molecule has 2 bridgehead atoms. The number of benzene rings is 1. The van der Waals surface area contributed by atoms with Crippen molar-refractivity contribution in [2.45, 2.75) is 31.1 Å². The Bertz CT molecular complexity index is 1080. The summed E-state index contributed by atoms with van der Waals surface area (Å²) in [6.07, 6.45) is 0.709. The van der Waals surface area contributed by atoms with Crippen LogP contribution in [0.3, 0.4) is 0 Å². The van der Waals surface area contributed by atoms with Crippen molar-refractivity contribution < 1.29 is 18.0 Å². The molecule has 0 aliphatic carbocycles. The molecule has 1 amide bonds. The molecule has 0 N–H and O–H groups in total. The van der Waals surface area contributed by atoms with Crippen LogP contribution in [-0.2, 0) is 11.0 Å². The molecule has 33 heavy (non-hydrogen) atoms. The molecular formula is C24H24ClF3N4O. The Labute approximate surface area is 195 Å². The predicted octanol–water partition coefficient (Wildman–Crippen LogP) is 4.33. The van der Waals surface area contributed by atoms with Crippen LogP contribution in [0.2, 0.25) is 5.02 Å². The molecule has 2 saturated heterocycles. The molecule has 2 aromatic rings. The van der Waals surface area contributed by atoms with E-state index >= 15 is 0 Å². The van der Waals surface area contributed by atoms with Crippen molar-refractivity contribution in [1.29, 1.82) is 0 Å². The highest BCUT2D eigenvalue weighted by atomic mass is 35.5. The maximum atomic E-state index is 13.2. The number of rotatable bonds is 4. The van der Waals surface area contributed by atoms with Gasteiger partial charge >= 0.3 is 6.18 Å². The largest absolute Gasteiger partial charge is 0.417 e. The monoisotopic (exact) mass is 476 g/mol. The number of pyridine rings is 1. The highest BCUT2D eigenvalue weighted by Crippen LogP contribution is 2.37. The lowest BCUT2D eigenvalue weighted by molar-refractivity contribution is -0.137. The van der Waals surface area contributed by atoms with Gasteiger partial charge in [-0.3, -0.25) is 9.69 Å². The number of hydrogen-bond donors (Lipinski definition) is 0. The van der Waals surface area contributed by atoms with E-state index in [1.807, 2.05) is 24.3 Å². The predicted molar refractivity (Wildman–Crippen MR) is 121 cm³/mol. The molecule has 3 aliphatic rings. The number of aromatic nitrogens is 1. The van der Waals surface area contributed by atoms with Crippen LogP contribution in [0.25, 0.3) is 5.57 Å². The zero-order valence-electron chi connectivity index (χ0n) is 17.9. The molecular weight excluding hydrogens is 453 g/mol. The Morgan fingerprint density at radius 2 is 2.00 bits per heavy atom. The molecule has 4 heterocycles. The van der Waals surface area contributed by atoms with E-state index < -0.39 is 11.7 Å². The number of fused-ring (bicyclic) bond motifs is 2. The first-order valence-electron chi connectivity index (χ1n) is 11.1. The van der Waals surface area contributed by atoms with Crippen LogP contribution >= 0.6 is 11.6 Å². The van der Waals surface area contributed by atoms with E-state index in [0.717, 1.165) is 37.0 Å². The number of nitrogens with zero attached hydrogens (tertiary/aromatic N) is 4. The minimum absolute atomic E-state index is 0.0642. The Balaban J connectivity index is 1.18. The van der Waals surface area contributed by atoms with Gasteiger partial charge in [0.05, 0.1) is 17.1 Å². The maximum Gasteiger partial charge on any atom is 0.417 e. The molecule has 1 aromatic carbocycles. The van der Waals surface area contributed by atoms with Crippen LogP contribution in [0.1, 0.15) is 24.0 Å². The van der Waals surface area contributed by atoms with E-state index in [1.165, 1.54) is 6.07 Å². The number of alkyl halides is 3. The van der Waals surface area contributed by atoms with Gasteiger partial charge in [0, 0.05) is 44.5 Å². The van der Waals surface area contributed by atoms with Gasteiger partial charge < -0.3 is 9.80 Å². The number of hydrogen-bond acceptors (Lipinski definition) is 4. The van der Waals surface area contributed by atoms with Crippen LogP contribution < -0.4 is 4.90 Å². The summed E-state index contributed by atoms with van der Waals surface area (Å²) in [5, 5.41) is -0.305. The average molecular weight is 477 g/mol. The number of halogens is 4. The molecule has 0 saturated carbocycles. The zero-order valence-corrected chi connectivity index (χ0v) is 18.7. The Kier molecular flexibility index (Phi) is 5.82. The van der Waals surface area contributed by atoms with Crippen molar-refractivity contribution in [1.82, 2.24) is 14.8 Å². The molecule has 9 heteroatoms. The van der Waals surface area contributed by atoms with Crippen molar-refractivity contribution >= 4 is 28.9 Å². The number of amides is 1. The summed E-state index contributed by atoms with van der Waals surface area (Å²) in [4.78, 5) is 23.7. The van der Waals surface area contributed by atoms with Crippen LogP contribution in [0, 0.1) is 0 Å². The van der Waals surface area contributed by atoms with Gasteiger partial charge in [-0.2, -0.15) is 13.2 Å². The molecule has 1 aromatic heterocycles. The standard InChI is InChI=1S/C24H24ClF3N4O/c25-21-5-4-17(11-20(21)24(26,27)28)16-6-9-30(10-7-16)23(33)15-31-13-19-12-18(31)14-32(19)22-3-1-2-8-29-22/h1-6,8,11,18-19H,7,9-10,12-15H2. The summed E-state index contributed by atoms with van der Waals surface area (Å²) in [5.41, 5.74) is 0.489. The van der Waals surface area contributed by atoms with Gasteiger partial charge in [-0.25, -0.2) is 4.98 Å². The summed E-state index contributed by atoms with van der Waals surface area (Å²) in [6, 6.07) is 10.6. The van der Waals surface area contributed by atoms with Crippen LogP contribution in [0.15, 0.2) is 48.7 Å². The molecule has 3 aliphatic heterocycles. The summed E-state index contributed by atoms with van der Waals surface area (Å²) in [6.45, 7) is 2.99. The third-order valence-corrected chi connectivity index (χ3v) is 7.17. The molecule has 5 rings (SSSR count). The number of likely N-dealkylation sites (tertiary alicyclic amines) is 1. The van der Waals surface area contributed by atoms with Crippen molar-refractivity contribution in [2.24, 2.45) is 0 Å². The van der Waals surface area contributed by atoms with Gasteiger partial charge in [0.2, 0.25) is 5.91 Å². The normalized spacial score (nSPS) is 23.2. The third kappa shape index (κ3) is 4.46. The first-order chi connectivity index (χ1) is 15.8. The lowest BCUT2D eigenvalue weighted by Crippen LogP contribution is -2.50. The van der Waals surface area contributed by atoms with E-state index in [4.69, 9.17) is 11.6 Å². The molecule has 5 nitrogen and oxygen atoms in total. The van der Waals surface area contributed by atoms with Crippen molar-refractivity contribution in [3.05, 3.63) is 64.8 Å². The van der Waals surface area contributed by atoms with Crippen LogP contribution in [0.4, 0.5) is 19.0 Å². The molecule has 2 fully saturated rings. The highest BCUT2D eigenvalue weighted by molar-refractivity contribution is 6.31. The quantitative estimate of drug-likeness (QED) is 0.658. The van der Waals surface area contributed by atoms with Crippen LogP contribution in [0.5, 0.6) is 0 Å². The van der Waals surface area contributed by atoms with Gasteiger partial charge in [-0.1, -0.05) is 29.8 Å². The SMILES string of the molecule is O=C(CN1CC2CC1CN2c1ccccn1)N1CC=C(c2ccc(Cl)c(C(F)(F)F)c2)CC1. The summed E-state index contributed by atoms with van der Waals surface area (Å²) >= 11 is 5.73. The van der Waals surface area contributed by atoms with E-state index in [9.17, 15) is 18.0 Å². The fourth-order valence-corrected chi connectivity index (χ4v) is 5.35. The van der Waals surface area contributed by atoms with Crippen molar-refractivity contribution in [3.63, 3.8) is 0 Å². The molecule has 2 atom stereocenters. The smallest absolute Gasteiger partial charge is 0.351 e. The fourth-order valence-electron chi connectivity index (χ4n) is 5.12. The van der Waals surface area contributed by atoms with Crippen molar-refractivity contribution in [3.8, 4) is 0 Å². The first kappa shape index (κ1) is 22.2. The highest BCUT2D eigenvalue weighted by Gasteiger charge is 2.44. The van der Waals surface area contributed by atoms with E-state index in [0.29, 0.717) is 43.7 Å². The topological polar surface area (TPSA) is 39.7 Å². The molecule has 2 unspecified atom stereocenters.